The molecule has 0 saturated carbocycles. The molecule has 0 bridgehead atoms. The SMILES string of the molecule is CC(=O)N(c1nc(COC(=O)c2ccccc2NC(=O)NC(C)C)cs1)c1cccc(C)c1C. The number of esters is 1. The number of thiazole rings is 1. The third kappa shape index (κ3) is 5.99. The van der Waals surface area contributed by atoms with Crippen LogP contribution in [0.15, 0.2) is 47.8 Å². The molecule has 3 amide bonds. The quantitative estimate of drug-likeness (QED) is 0.445. The third-order valence-electron chi connectivity index (χ3n) is 5.03. The zero-order valence-electron chi connectivity index (χ0n) is 19.8. The van der Waals surface area contributed by atoms with E-state index in [9.17, 15) is 14.4 Å². The molecule has 8 nitrogen and oxygen atoms in total. The van der Waals surface area contributed by atoms with E-state index in [1.54, 1.807) is 34.5 Å². The molecule has 0 aliphatic rings. The van der Waals surface area contributed by atoms with Gasteiger partial charge in [0.2, 0.25) is 5.91 Å². The Hall–Kier alpha value is -3.72. The van der Waals surface area contributed by atoms with E-state index in [1.165, 1.54) is 18.3 Å². The van der Waals surface area contributed by atoms with E-state index in [0.29, 0.717) is 16.5 Å². The molecule has 0 aliphatic heterocycles. The van der Waals surface area contributed by atoms with Gasteiger partial charge in [-0.25, -0.2) is 14.6 Å². The van der Waals surface area contributed by atoms with Gasteiger partial charge in [-0.3, -0.25) is 9.69 Å². The highest BCUT2D eigenvalue weighted by molar-refractivity contribution is 7.14. The molecule has 2 aromatic carbocycles. The average molecular weight is 481 g/mol. The smallest absolute Gasteiger partial charge is 0.340 e. The number of carbonyl (C=O) groups is 3. The molecular formula is C25H28N4O4S. The van der Waals surface area contributed by atoms with E-state index in [0.717, 1.165) is 16.8 Å². The number of para-hydroxylation sites is 1. The molecule has 2 N–H and O–H groups in total. The fourth-order valence-corrected chi connectivity index (χ4v) is 4.12. The van der Waals surface area contributed by atoms with Crippen molar-refractivity contribution in [3.63, 3.8) is 0 Å². The van der Waals surface area contributed by atoms with Crippen molar-refractivity contribution in [1.29, 1.82) is 0 Å². The van der Waals surface area contributed by atoms with Crippen LogP contribution in [-0.2, 0) is 16.1 Å². The van der Waals surface area contributed by atoms with Gasteiger partial charge in [0.25, 0.3) is 0 Å². The molecule has 9 heteroatoms. The van der Waals surface area contributed by atoms with Crippen molar-refractivity contribution in [2.45, 2.75) is 47.3 Å². The van der Waals surface area contributed by atoms with Gasteiger partial charge in [0.15, 0.2) is 5.13 Å². The Bertz CT molecular complexity index is 1210. The highest BCUT2D eigenvalue weighted by Crippen LogP contribution is 2.32. The Morgan fingerprint density at radius 2 is 1.82 bits per heavy atom. The highest BCUT2D eigenvalue weighted by Gasteiger charge is 2.21. The normalized spacial score (nSPS) is 10.6. The largest absolute Gasteiger partial charge is 0.455 e. The fourth-order valence-electron chi connectivity index (χ4n) is 3.26. The lowest BCUT2D eigenvalue weighted by atomic mass is 10.1. The first-order valence-corrected chi connectivity index (χ1v) is 11.7. The maximum atomic E-state index is 12.7. The van der Waals surface area contributed by atoms with Crippen LogP contribution in [0.1, 0.15) is 48.0 Å². The summed E-state index contributed by atoms with van der Waals surface area (Å²) < 4.78 is 5.45. The molecule has 178 valence electrons. The molecule has 0 unspecified atom stereocenters. The van der Waals surface area contributed by atoms with E-state index in [1.807, 2.05) is 45.9 Å². The highest BCUT2D eigenvalue weighted by atomic mass is 32.1. The molecule has 0 spiro atoms. The fraction of sp³-hybridized carbons (Fsp3) is 0.280. The third-order valence-corrected chi connectivity index (χ3v) is 5.90. The number of anilines is 3. The number of nitrogens with one attached hydrogen (secondary N) is 2. The molecular weight excluding hydrogens is 452 g/mol. The first-order valence-electron chi connectivity index (χ1n) is 10.8. The summed E-state index contributed by atoms with van der Waals surface area (Å²) in [5, 5.41) is 7.64. The second kappa shape index (κ2) is 10.9. The number of aryl methyl sites for hydroxylation is 1. The lowest BCUT2D eigenvalue weighted by Gasteiger charge is -2.21. The van der Waals surface area contributed by atoms with Crippen molar-refractivity contribution in [3.8, 4) is 0 Å². The van der Waals surface area contributed by atoms with E-state index in [4.69, 9.17) is 4.74 Å². The summed E-state index contributed by atoms with van der Waals surface area (Å²) in [5.41, 5.74) is 3.94. The van der Waals surface area contributed by atoms with Gasteiger partial charge in [-0.15, -0.1) is 11.3 Å². The number of rotatable bonds is 7. The van der Waals surface area contributed by atoms with Crippen molar-refractivity contribution in [1.82, 2.24) is 10.3 Å². The van der Waals surface area contributed by atoms with Crippen LogP contribution < -0.4 is 15.5 Å². The number of urea groups is 1. The molecule has 0 aliphatic carbocycles. The van der Waals surface area contributed by atoms with Crippen LogP contribution in [0.4, 0.5) is 21.3 Å². The predicted octanol–water partition coefficient (Wildman–Crippen LogP) is 5.33. The molecule has 0 radical (unpaired) electrons. The molecule has 0 saturated heterocycles. The van der Waals surface area contributed by atoms with Crippen LogP contribution in [-0.4, -0.2) is 28.9 Å². The van der Waals surface area contributed by atoms with E-state index >= 15 is 0 Å². The summed E-state index contributed by atoms with van der Waals surface area (Å²) in [6.45, 7) is 9.06. The van der Waals surface area contributed by atoms with Crippen molar-refractivity contribution < 1.29 is 19.1 Å². The molecule has 0 fully saturated rings. The van der Waals surface area contributed by atoms with Crippen molar-refractivity contribution in [2.24, 2.45) is 0 Å². The van der Waals surface area contributed by atoms with E-state index in [-0.39, 0.29) is 24.1 Å². The number of aromatic nitrogens is 1. The second-order valence-corrected chi connectivity index (χ2v) is 8.91. The Morgan fingerprint density at radius 1 is 1.09 bits per heavy atom. The van der Waals surface area contributed by atoms with Crippen LogP contribution in [0.3, 0.4) is 0 Å². The van der Waals surface area contributed by atoms with Gasteiger partial charge in [0, 0.05) is 18.3 Å². The lowest BCUT2D eigenvalue weighted by molar-refractivity contribution is -0.115. The summed E-state index contributed by atoms with van der Waals surface area (Å²) in [6.07, 6.45) is 0. The predicted molar refractivity (Wildman–Crippen MR) is 134 cm³/mol. The summed E-state index contributed by atoms with van der Waals surface area (Å²) in [4.78, 5) is 43.3. The van der Waals surface area contributed by atoms with Crippen molar-refractivity contribution in [2.75, 3.05) is 10.2 Å². The van der Waals surface area contributed by atoms with Crippen molar-refractivity contribution >= 4 is 45.8 Å². The van der Waals surface area contributed by atoms with Crippen LogP contribution >= 0.6 is 11.3 Å². The monoisotopic (exact) mass is 480 g/mol. The Morgan fingerprint density at radius 3 is 2.53 bits per heavy atom. The average Bonchev–Trinajstić information content (AvgIpc) is 3.23. The summed E-state index contributed by atoms with van der Waals surface area (Å²) in [6, 6.07) is 11.9. The van der Waals surface area contributed by atoms with Crippen LogP contribution in [0.25, 0.3) is 0 Å². The van der Waals surface area contributed by atoms with Crippen LogP contribution in [0.2, 0.25) is 0 Å². The minimum Gasteiger partial charge on any atom is -0.455 e. The van der Waals surface area contributed by atoms with Gasteiger partial charge in [0.05, 0.1) is 22.6 Å². The van der Waals surface area contributed by atoms with Gasteiger partial charge in [0.1, 0.15) is 6.61 Å². The topological polar surface area (TPSA) is 101 Å². The van der Waals surface area contributed by atoms with Gasteiger partial charge in [-0.2, -0.15) is 0 Å². The summed E-state index contributed by atoms with van der Waals surface area (Å²) >= 11 is 1.30. The molecule has 3 aromatic rings. The minimum atomic E-state index is -0.590. The second-order valence-electron chi connectivity index (χ2n) is 8.07. The van der Waals surface area contributed by atoms with Gasteiger partial charge in [-0.05, 0) is 57.0 Å². The molecule has 3 rings (SSSR count). The molecule has 1 aromatic heterocycles. The first kappa shape index (κ1) is 24.9. The standard InChI is InChI=1S/C25H28N4O4S/c1-15(2)26-24(32)28-21-11-7-6-10-20(21)23(31)33-13-19-14-34-25(27-19)29(18(5)30)22-12-8-9-16(3)17(22)4/h6-12,14-15H,13H2,1-5H3,(H2,26,28,32). The number of nitrogens with zero attached hydrogens (tertiary/aromatic N) is 2. The Balaban J connectivity index is 1.73. The number of carbonyl (C=O) groups excluding carboxylic acids is 3. The van der Waals surface area contributed by atoms with E-state index < -0.39 is 12.0 Å². The Kier molecular flexibility index (Phi) is 8.01. The lowest BCUT2D eigenvalue weighted by Crippen LogP contribution is -2.34. The van der Waals surface area contributed by atoms with Gasteiger partial charge >= 0.3 is 12.0 Å². The number of hydrogen-bond donors (Lipinski definition) is 2. The van der Waals surface area contributed by atoms with Crippen LogP contribution in [0, 0.1) is 13.8 Å². The summed E-state index contributed by atoms with van der Waals surface area (Å²) in [5.74, 6) is -0.751. The maximum absolute atomic E-state index is 12.7. The van der Waals surface area contributed by atoms with Gasteiger partial charge < -0.3 is 15.4 Å². The Labute approximate surface area is 203 Å². The zero-order valence-corrected chi connectivity index (χ0v) is 20.7. The molecule has 34 heavy (non-hydrogen) atoms. The van der Waals surface area contributed by atoms with Crippen LogP contribution in [0.5, 0.6) is 0 Å². The summed E-state index contributed by atoms with van der Waals surface area (Å²) in [7, 11) is 0. The number of amides is 3. The number of ether oxygens (including phenoxy) is 1. The van der Waals surface area contributed by atoms with E-state index in [2.05, 4.69) is 15.6 Å². The number of benzene rings is 2. The van der Waals surface area contributed by atoms with Gasteiger partial charge in [-0.1, -0.05) is 24.3 Å². The molecule has 1 heterocycles. The molecule has 0 atom stereocenters. The maximum Gasteiger partial charge on any atom is 0.340 e. The minimum absolute atomic E-state index is 0.0452. The number of hydrogen-bond acceptors (Lipinski definition) is 6. The first-order chi connectivity index (χ1) is 16.2. The van der Waals surface area contributed by atoms with Crippen molar-refractivity contribution in [3.05, 3.63) is 70.2 Å². The zero-order chi connectivity index (χ0) is 24.8.